The van der Waals surface area contributed by atoms with Crippen LogP contribution in [0.4, 0.5) is 0 Å². The van der Waals surface area contributed by atoms with E-state index in [4.69, 9.17) is 14.7 Å². The van der Waals surface area contributed by atoms with Crippen molar-refractivity contribution in [1.29, 1.82) is 0 Å². The van der Waals surface area contributed by atoms with Crippen molar-refractivity contribution in [1.82, 2.24) is 19.1 Å². The number of benzene rings is 6. The van der Waals surface area contributed by atoms with Gasteiger partial charge in [-0.05, 0) is 83.1 Å². The third-order valence-electron chi connectivity index (χ3n) is 9.94. The van der Waals surface area contributed by atoms with Crippen LogP contribution in [0.2, 0.25) is 0 Å². The van der Waals surface area contributed by atoms with E-state index in [9.17, 15) is 14.7 Å². The number of carbonyl (C=O) groups is 2. The molecule has 8 heteroatoms. The minimum Gasteiger partial charge on any atom is -0.478 e. The predicted molar refractivity (Wildman–Crippen MR) is 213 cm³/mol. The molecule has 0 fully saturated rings. The number of aryl methyl sites for hydroxylation is 2. The highest BCUT2D eigenvalue weighted by Gasteiger charge is 2.19. The monoisotopic (exact) mass is 710 g/mol. The van der Waals surface area contributed by atoms with Crippen molar-refractivity contribution in [2.45, 2.75) is 39.8 Å². The highest BCUT2D eigenvalue weighted by molar-refractivity contribution is 5.96. The van der Waals surface area contributed by atoms with Gasteiger partial charge in [0.1, 0.15) is 17.4 Å². The highest BCUT2D eigenvalue weighted by Crippen LogP contribution is 2.34. The number of carboxylic acids is 1. The first-order valence-corrected chi connectivity index (χ1v) is 18.1. The standard InChI is InChI=1S/C46H38N4O4/c1-3-10-43-48-44-30(2)25-35(26-41(44)49(43)27-31-19-23-34(24-20-31)37-12-6-9-16-42(37)54-29-51)45-47-39-14-7-8-15-40(39)50(45)28-32-17-21-33(22-18-32)36-11-4-5-13-38(36)46(52)53/h4-9,11-26,29H,3,10,27-28H2,1-2H3,(H,52,53). The van der Waals surface area contributed by atoms with E-state index in [0.717, 1.165) is 85.5 Å². The van der Waals surface area contributed by atoms with Crippen LogP contribution in [0.5, 0.6) is 5.75 Å². The Morgan fingerprint density at radius 3 is 2.04 bits per heavy atom. The number of hydrogen-bond donors (Lipinski definition) is 1. The van der Waals surface area contributed by atoms with Gasteiger partial charge in [0.2, 0.25) is 0 Å². The molecule has 266 valence electrons. The van der Waals surface area contributed by atoms with Crippen LogP contribution in [0.25, 0.3) is 55.7 Å². The summed E-state index contributed by atoms with van der Waals surface area (Å²) < 4.78 is 9.82. The van der Waals surface area contributed by atoms with Crippen molar-refractivity contribution in [2.75, 3.05) is 0 Å². The number of hydrogen-bond acceptors (Lipinski definition) is 5. The van der Waals surface area contributed by atoms with Gasteiger partial charge in [0.15, 0.2) is 0 Å². The van der Waals surface area contributed by atoms with Crippen LogP contribution in [0.1, 0.15) is 46.2 Å². The number of aromatic nitrogens is 4. The maximum atomic E-state index is 11.9. The Bertz CT molecular complexity index is 2650. The van der Waals surface area contributed by atoms with Gasteiger partial charge < -0.3 is 19.0 Å². The molecule has 0 unspecified atom stereocenters. The van der Waals surface area contributed by atoms with Gasteiger partial charge in [-0.3, -0.25) is 4.79 Å². The molecular formula is C46H38N4O4. The molecule has 0 aliphatic carbocycles. The lowest BCUT2D eigenvalue weighted by Crippen LogP contribution is -2.06. The molecule has 2 aromatic heterocycles. The van der Waals surface area contributed by atoms with Crippen LogP contribution in [-0.2, 0) is 24.3 Å². The number of carboxylic acid groups (broad SMARTS) is 1. The van der Waals surface area contributed by atoms with Gasteiger partial charge in [-0.2, -0.15) is 0 Å². The molecule has 1 N–H and O–H groups in total. The molecule has 0 aliphatic rings. The van der Waals surface area contributed by atoms with Crippen molar-refractivity contribution >= 4 is 34.5 Å². The van der Waals surface area contributed by atoms with Gasteiger partial charge in [0.05, 0.1) is 27.6 Å². The van der Waals surface area contributed by atoms with E-state index in [-0.39, 0.29) is 5.56 Å². The normalized spacial score (nSPS) is 11.3. The Kier molecular flexibility index (Phi) is 9.32. The van der Waals surface area contributed by atoms with Crippen molar-refractivity contribution in [3.8, 4) is 39.4 Å². The summed E-state index contributed by atoms with van der Waals surface area (Å²) in [7, 11) is 0. The second kappa shape index (κ2) is 14.7. The number of fused-ring (bicyclic) bond motifs is 2. The Balaban J connectivity index is 1.17. The molecule has 0 aliphatic heterocycles. The van der Waals surface area contributed by atoms with Gasteiger partial charge in [-0.25, -0.2) is 14.8 Å². The number of imidazole rings is 2. The number of carbonyl (C=O) groups excluding carboxylic acids is 1. The van der Waals surface area contributed by atoms with Gasteiger partial charge in [0, 0.05) is 30.6 Å². The zero-order valence-electron chi connectivity index (χ0n) is 30.1. The van der Waals surface area contributed by atoms with E-state index in [2.05, 4.69) is 77.6 Å². The van der Waals surface area contributed by atoms with Gasteiger partial charge in [-0.1, -0.05) is 104 Å². The smallest absolute Gasteiger partial charge is 0.336 e. The zero-order valence-corrected chi connectivity index (χ0v) is 30.1. The fourth-order valence-electron chi connectivity index (χ4n) is 7.34. The summed E-state index contributed by atoms with van der Waals surface area (Å²) in [6, 6.07) is 43.7. The summed E-state index contributed by atoms with van der Waals surface area (Å²) in [6.45, 7) is 5.99. The van der Waals surface area contributed by atoms with Crippen molar-refractivity contribution < 1.29 is 19.4 Å². The van der Waals surface area contributed by atoms with Crippen molar-refractivity contribution in [3.63, 3.8) is 0 Å². The molecule has 8 nitrogen and oxygen atoms in total. The second-order valence-corrected chi connectivity index (χ2v) is 13.5. The minimum atomic E-state index is -0.943. The Morgan fingerprint density at radius 1 is 0.704 bits per heavy atom. The summed E-state index contributed by atoms with van der Waals surface area (Å²) in [6.07, 6.45) is 1.82. The Labute approximate surface area is 313 Å². The largest absolute Gasteiger partial charge is 0.478 e. The molecule has 0 bridgehead atoms. The summed E-state index contributed by atoms with van der Waals surface area (Å²) in [5.41, 5.74) is 12.0. The maximum Gasteiger partial charge on any atom is 0.336 e. The Hall–Kier alpha value is -6.80. The zero-order chi connectivity index (χ0) is 37.2. The molecule has 0 radical (unpaired) electrons. The fraction of sp³-hybridized carbons (Fsp3) is 0.130. The van der Waals surface area contributed by atoms with Crippen LogP contribution < -0.4 is 4.74 Å². The molecule has 6 aromatic carbocycles. The molecule has 0 atom stereocenters. The van der Waals surface area contributed by atoms with Crippen LogP contribution in [-0.4, -0.2) is 36.7 Å². The second-order valence-electron chi connectivity index (χ2n) is 13.5. The quantitative estimate of drug-likeness (QED) is 0.127. The number of para-hydroxylation sites is 3. The van der Waals surface area contributed by atoms with Crippen LogP contribution in [0.15, 0.2) is 133 Å². The average molecular weight is 711 g/mol. The predicted octanol–water partition coefficient (Wildman–Crippen LogP) is 9.98. The lowest BCUT2D eigenvalue weighted by molar-refractivity contribution is -0.120. The number of nitrogens with zero attached hydrogens (tertiary/aromatic N) is 4. The number of rotatable bonds is 12. The van der Waals surface area contributed by atoms with E-state index >= 15 is 0 Å². The van der Waals surface area contributed by atoms with Gasteiger partial charge in [-0.15, -0.1) is 0 Å². The molecular weight excluding hydrogens is 673 g/mol. The number of ether oxygens (including phenoxy) is 1. The van der Waals surface area contributed by atoms with Gasteiger partial charge >= 0.3 is 5.97 Å². The minimum absolute atomic E-state index is 0.282. The van der Waals surface area contributed by atoms with Crippen molar-refractivity contribution in [3.05, 3.63) is 162 Å². The maximum absolute atomic E-state index is 11.9. The molecule has 0 amide bonds. The third-order valence-corrected chi connectivity index (χ3v) is 9.94. The first-order valence-electron chi connectivity index (χ1n) is 18.1. The Morgan fingerprint density at radius 2 is 1.33 bits per heavy atom. The van der Waals surface area contributed by atoms with E-state index in [1.54, 1.807) is 18.2 Å². The molecule has 54 heavy (non-hydrogen) atoms. The lowest BCUT2D eigenvalue weighted by Gasteiger charge is -2.13. The first-order chi connectivity index (χ1) is 26.4. The van der Waals surface area contributed by atoms with Crippen LogP contribution in [0, 0.1) is 6.92 Å². The third kappa shape index (κ3) is 6.54. The average Bonchev–Trinajstić information content (AvgIpc) is 3.74. The number of aromatic carboxylic acids is 1. The van der Waals surface area contributed by atoms with E-state index in [1.807, 2.05) is 60.7 Å². The van der Waals surface area contributed by atoms with E-state index in [0.29, 0.717) is 30.9 Å². The summed E-state index contributed by atoms with van der Waals surface area (Å²) in [5.74, 6) is 1.49. The summed E-state index contributed by atoms with van der Waals surface area (Å²) >= 11 is 0. The van der Waals surface area contributed by atoms with Gasteiger partial charge in [0.25, 0.3) is 6.47 Å². The molecule has 8 rings (SSSR count). The highest BCUT2D eigenvalue weighted by atomic mass is 16.5. The molecule has 8 aromatic rings. The fourth-order valence-corrected chi connectivity index (χ4v) is 7.34. The van der Waals surface area contributed by atoms with Crippen LogP contribution >= 0.6 is 0 Å². The molecule has 0 saturated carbocycles. The summed E-state index contributed by atoms with van der Waals surface area (Å²) in [4.78, 5) is 33.3. The molecule has 2 heterocycles. The molecule has 0 spiro atoms. The first kappa shape index (κ1) is 34.3. The lowest BCUT2D eigenvalue weighted by atomic mass is 9.98. The molecule has 0 saturated heterocycles. The SMILES string of the molecule is CCCc1nc2c(C)cc(-c3nc4ccccc4n3Cc3ccc(-c4ccccc4C(=O)O)cc3)cc2n1Cc1ccc(-c2ccccc2OC=O)cc1. The van der Waals surface area contributed by atoms with Crippen molar-refractivity contribution in [2.24, 2.45) is 0 Å². The van der Waals surface area contributed by atoms with Crippen LogP contribution in [0.3, 0.4) is 0 Å². The summed E-state index contributed by atoms with van der Waals surface area (Å²) in [5, 5.41) is 9.74. The van der Waals surface area contributed by atoms with E-state index in [1.165, 1.54) is 0 Å². The topological polar surface area (TPSA) is 99.2 Å². The van der Waals surface area contributed by atoms with E-state index < -0.39 is 5.97 Å².